The van der Waals surface area contributed by atoms with Crippen LogP contribution in [0, 0.1) is 21.7 Å². The summed E-state index contributed by atoms with van der Waals surface area (Å²) in [7, 11) is 0. The largest absolute Gasteiger partial charge is 0.379 e. The molecule has 124 valence electrons. The van der Waals surface area contributed by atoms with Gasteiger partial charge in [-0.25, -0.2) is 0 Å². The number of nitrogens with one attached hydrogen (secondary N) is 1. The molecule has 2 nitrogen and oxygen atoms in total. The van der Waals surface area contributed by atoms with Crippen LogP contribution in [0.3, 0.4) is 0 Å². The lowest BCUT2D eigenvalue weighted by atomic mass is 9.51. The molecule has 2 unspecified atom stereocenters. The minimum absolute atomic E-state index is 0.104. The van der Waals surface area contributed by atoms with Crippen LogP contribution in [0.1, 0.15) is 79.6 Å². The van der Waals surface area contributed by atoms with Crippen molar-refractivity contribution in [3.63, 3.8) is 0 Å². The topological polar surface area (TPSA) is 49.9 Å². The van der Waals surface area contributed by atoms with E-state index in [1.807, 2.05) is 0 Å². The van der Waals surface area contributed by atoms with E-state index in [1.165, 1.54) is 44.9 Å². The number of hydrogen-bond acceptors (Lipinski definition) is 2. The lowest BCUT2D eigenvalue weighted by Gasteiger charge is -2.59. The van der Waals surface area contributed by atoms with Crippen molar-refractivity contribution in [1.29, 1.82) is 5.41 Å². The summed E-state index contributed by atoms with van der Waals surface area (Å²) in [4.78, 5) is 0. The van der Waals surface area contributed by atoms with Crippen LogP contribution in [0.15, 0.2) is 11.1 Å². The first-order valence-electron chi connectivity index (χ1n) is 8.69. The average molecular weight is 321 g/mol. The van der Waals surface area contributed by atoms with Crippen molar-refractivity contribution in [2.75, 3.05) is 0 Å². The van der Waals surface area contributed by atoms with Gasteiger partial charge in [-0.1, -0.05) is 57.5 Å². The van der Waals surface area contributed by atoms with Crippen molar-refractivity contribution in [2.45, 2.75) is 84.3 Å². The Labute approximate surface area is 140 Å². The van der Waals surface area contributed by atoms with E-state index in [2.05, 4.69) is 34.6 Å². The summed E-state index contributed by atoms with van der Waals surface area (Å²) < 4.78 is 0.104. The highest BCUT2D eigenvalue weighted by molar-refractivity contribution is 8.15. The maximum Gasteiger partial charge on any atom is 0.151 e. The first-order valence-corrected chi connectivity index (χ1v) is 9.51. The Morgan fingerprint density at radius 2 is 1.68 bits per heavy atom. The normalized spacial score (nSPS) is 39.3. The Kier molecular flexibility index (Phi) is 3.57. The van der Waals surface area contributed by atoms with Gasteiger partial charge in [0.15, 0.2) is 5.17 Å². The Bertz CT molecular complexity index is 546. The smallest absolute Gasteiger partial charge is 0.151 e. The molecule has 2 atom stereocenters. The molecule has 1 fully saturated rings. The van der Waals surface area contributed by atoms with Gasteiger partial charge in [-0.05, 0) is 61.2 Å². The highest BCUT2D eigenvalue weighted by Gasteiger charge is 2.56. The number of thioether (sulfide) groups is 1. The van der Waals surface area contributed by atoms with Crippen LogP contribution < -0.4 is 5.73 Å². The monoisotopic (exact) mass is 320 g/mol. The minimum atomic E-state index is 0.104. The van der Waals surface area contributed by atoms with Crippen LogP contribution in [0.25, 0.3) is 0 Å². The molecule has 0 amide bonds. The third-order valence-electron chi connectivity index (χ3n) is 6.05. The fourth-order valence-corrected chi connectivity index (χ4v) is 7.81. The molecule has 0 heterocycles. The predicted octanol–water partition coefficient (Wildman–Crippen LogP) is 5.48. The summed E-state index contributed by atoms with van der Waals surface area (Å²) in [5.74, 6) is 0. The highest BCUT2D eigenvalue weighted by Crippen LogP contribution is 2.66. The van der Waals surface area contributed by atoms with Gasteiger partial charge in [0.25, 0.3) is 0 Å². The second-order valence-corrected chi connectivity index (χ2v) is 11.5. The molecule has 2 bridgehead atoms. The standard InChI is InChI=1S/C19H32N2S/c1-16(2)7-6-14-13(8-16)9-18(5)10-17(3,4)11-19(14,12-18)22-15(20)21/h6-12H2,1-5H3,(H3,20,21). The van der Waals surface area contributed by atoms with Crippen LogP contribution in [0.2, 0.25) is 0 Å². The van der Waals surface area contributed by atoms with Gasteiger partial charge < -0.3 is 5.73 Å². The Morgan fingerprint density at radius 1 is 1.00 bits per heavy atom. The van der Waals surface area contributed by atoms with Gasteiger partial charge in [0.05, 0.1) is 0 Å². The Balaban J connectivity index is 2.10. The molecule has 22 heavy (non-hydrogen) atoms. The van der Waals surface area contributed by atoms with Crippen LogP contribution in [-0.4, -0.2) is 9.91 Å². The summed E-state index contributed by atoms with van der Waals surface area (Å²) in [6.45, 7) is 12.1. The van der Waals surface area contributed by atoms with Crippen molar-refractivity contribution in [1.82, 2.24) is 0 Å². The number of rotatable bonds is 1. The van der Waals surface area contributed by atoms with Crippen LogP contribution in [0.5, 0.6) is 0 Å². The molecule has 0 aromatic heterocycles. The van der Waals surface area contributed by atoms with Gasteiger partial charge in [-0.3, -0.25) is 5.41 Å². The third-order valence-corrected chi connectivity index (χ3v) is 7.19. The molecule has 0 saturated heterocycles. The zero-order chi connectivity index (χ0) is 16.4. The number of allylic oxidation sites excluding steroid dienone is 1. The van der Waals surface area contributed by atoms with Gasteiger partial charge in [0, 0.05) is 4.75 Å². The van der Waals surface area contributed by atoms with E-state index < -0.39 is 0 Å². The van der Waals surface area contributed by atoms with E-state index in [0.717, 1.165) is 0 Å². The molecule has 0 aromatic carbocycles. The zero-order valence-electron chi connectivity index (χ0n) is 14.9. The molecular formula is C19H32N2S. The van der Waals surface area contributed by atoms with Crippen LogP contribution in [0.4, 0.5) is 0 Å². The van der Waals surface area contributed by atoms with Crippen molar-refractivity contribution in [3.8, 4) is 0 Å². The van der Waals surface area contributed by atoms with Gasteiger partial charge in [-0.2, -0.15) is 0 Å². The molecule has 1 saturated carbocycles. The molecule has 3 aliphatic rings. The van der Waals surface area contributed by atoms with E-state index >= 15 is 0 Å². The van der Waals surface area contributed by atoms with Crippen LogP contribution in [-0.2, 0) is 0 Å². The first-order chi connectivity index (χ1) is 9.95. The van der Waals surface area contributed by atoms with Crippen LogP contribution >= 0.6 is 11.8 Å². The maximum atomic E-state index is 7.94. The quantitative estimate of drug-likeness (QED) is 0.382. The second-order valence-electron chi connectivity index (χ2n) is 10.1. The fourth-order valence-electron chi connectivity index (χ4n) is 6.14. The van der Waals surface area contributed by atoms with Gasteiger partial charge in [0.2, 0.25) is 0 Å². The van der Waals surface area contributed by atoms with Crippen molar-refractivity contribution in [3.05, 3.63) is 11.1 Å². The first kappa shape index (κ1) is 16.4. The molecule has 3 heteroatoms. The third kappa shape index (κ3) is 2.86. The highest BCUT2D eigenvalue weighted by atomic mass is 32.2. The average Bonchev–Trinajstić information content (AvgIpc) is 2.20. The van der Waals surface area contributed by atoms with E-state index in [-0.39, 0.29) is 4.75 Å². The Morgan fingerprint density at radius 3 is 2.32 bits per heavy atom. The molecule has 0 aliphatic heterocycles. The zero-order valence-corrected chi connectivity index (χ0v) is 15.8. The summed E-state index contributed by atoms with van der Waals surface area (Å²) in [5.41, 5.74) is 10.5. The van der Waals surface area contributed by atoms with E-state index in [1.54, 1.807) is 22.9 Å². The molecule has 0 spiro atoms. The van der Waals surface area contributed by atoms with E-state index in [4.69, 9.17) is 11.1 Å². The maximum absolute atomic E-state index is 7.94. The second kappa shape index (κ2) is 4.78. The molecule has 3 rings (SSSR count). The predicted molar refractivity (Wildman–Crippen MR) is 97.3 cm³/mol. The van der Waals surface area contributed by atoms with Gasteiger partial charge >= 0.3 is 0 Å². The number of nitrogens with two attached hydrogens (primary N) is 1. The molecular weight excluding hydrogens is 288 g/mol. The molecule has 3 aliphatic carbocycles. The molecule has 0 aromatic rings. The van der Waals surface area contributed by atoms with Crippen molar-refractivity contribution < 1.29 is 0 Å². The lowest BCUT2D eigenvalue weighted by Crippen LogP contribution is -2.51. The minimum Gasteiger partial charge on any atom is -0.379 e. The lowest BCUT2D eigenvalue weighted by molar-refractivity contribution is 0.0610. The molecule has 0 radical (unpaired) electrons. The van der Waals surface area contributed by atoms with Crippen molar-refractivity contribution in [2.24, 2.45) is 22.0 Å². The van der Waals surface area contributed by atoms with E-state index in [0.29, 0.717) is 21.4 Å². The number of hydrogen-bond donors (Lipinski definition) is 2. The van der Waals surface area contributed by atoms with Gasteiger partial charge in [0.1, 0.15) is 0 Å². The summed E-state index contributed by atoms with van der Waals surface area (Å²) in [6, 6.07) is 0. The summed E-state index contributed by atoms with van der Waals surface area (Å²) >= 11 is 1.67. The van der Waals surface area contributed by atoms with Crippen molar-refractivity contribution >= 4 is 16.9 Å². The SMILES string of the molecule is CC1(C)CCC2=C(C1)CC1(C)CC(C)(C)CC2(SC(=N)N)C1. The summed E-state index contributed by atoms with van der Waals surface area (Å²) in [6.07, 6.45) is 8.72. The molecule has 3 N–H and O–H groups in total. The Hall–Kier alpha value is -0.440. The summed E-state index contributed by atoms with van der Waals surface area (Å²) in [5, 5.41) is 8.25. The van der Waals surface area contributed by atoms with E-state index in [9.17, 15) is 0 Å². The van der Waals surface area contributed by atoms with Gasteiger partial charge in [-0.15, -0.1) is 0 Å². The number of amidine groups is 1. The number of fused-ring (bicyclic) bond motifs is 3. The fraction of sp³-hybridized carbons (Fsp3) is 0.842.